The molecule has 128 valence electrons. The lowest BCUT2D eigenvalue weighted by Gasteiger charge is -2.14. The molecule has 0 aromatic heterocycles. The van der Waals surface area contributed by atoms with Crippen molar-refractivity contribution in [3.05, 3.63) is 101 Å². The van der Waals surface area contributed by atoms with Gasteiger partial charge in [-0.05, 0) is 47.9 Å². The maximum absolute atomic E-state index is 13.3. The SMILES string of the molecule is CC(NCc1ccc(OCc2ccccc2)cc1)c1cccc(F)c1. The quantitative estimate of drug-likeness (QED) is 0.636. The molecule has 0 spiro atoms. The lowest BCUT2D eigenvalue weighted by atomic mass is 10.1. The Morgan fingerprint density at radius 3 is 2.36 bits per heavy atom. The smallest absolute Gasteiger partial charge is 0.123 e. The van der Waals surface area contributed by atoms with Gasteiger partial charge < -0.3 is 10.1 Å². The fraction of sp³-hybridized carbons (Fsp3) is 0.182. The lowest BCUT2D eigenvalue weighted by Crippen LogP contribution is -2.18. The molecule has 0 bridgehead atoms. The van der Waals surface area contributed by atoms with Crippen LogP contribution in [0.3, 0.4) is 0 Å². The van der Waals surface area contributed by atoms with Crippen LogP contribution in [0.15, 0.2) is 78.9 Å². The van der Waals surface area contributed by atoms with Gasteiger partial charge >= 0.3 is 0 Å². The van der Waals surface area contributed by atoms with Crippen molar-refractivity contribution in [2.24, 2.45) is 0 Å². The van der Waals surface area contributed by atoms with E-state index >= 15 is 0 Å². The zero-order valence-corrected chi connectivity index (χ0v) is 14.3. The van der Waals surface area contributed by atoms with Gasteiger partial charge in [-0.3, -0.25) is 0 Å². The molecule has 0 fully saturated rings. The third kappa shape index (κ3) is 5.16. The number of benzene rings is 3. The normalized spacial score (nSPS) is 11.9. The summed E-state index contributed by atoms with van der Waals surface area (Å²) in [7, 11) is 0. The third-order valence-corrected chi connectivity index (χ3v) is 4.13. The van der Waals surface area contributed by atoms with Gasteiger partial charge in [-0.1, -0.05) is 54.6 Å². The van der Waals surface area contributed by atoms with Crippen LogP contribution in [0.5, 0.6) is 5.75 Å². The summed E-state index contributed by atoms with van der Waals surface area (Å²) in [5.41, 5.74) is 3.26. The molecule has 1 N–H and O–H groups in total. The molecule has 0 radical (unpaired) electrons. The minimum atomic E-state index is -0.203. The molecule has 3 rings (SSSR count). The average Bonchev–Trinajstić information content (AvgIpc) is 2.66. The molecule has 3 aromatic rings. The molecule has 0 heterocycles. The van der Waals surface area contributed by atoms with Crippen LogP contribution in [0.25, 0.3) is 0 Å². The Labute approximate surface area is 148 Å². The molecular weight excluding hydrogens is 313 g/mol. The Balaban J connectivity index is 1.50. The second kappa shape index (κ2) is 8.45. The molecule has 0 saturated carbocycles. The van der Waals surface area contributed by atoms with Crippen molar-refractivity contribution >= 4 is 0 Å². The van der Waals surface area contributed by atoms with E-state index in [-0.39, 0.29) is 11.9 Å². The highest BCUT2D eigenvalue weighted by atomic mass is 19.1. The molecule has 3 heteroatoms. The van der Waals surface area contributed by atoms with E-state index in [1.807, 2.05) is 67.6 Å². The summed E-state index contributed by atoms with van der Waals surface area (Å²) in [5, 5.41) is 3.41. The van der Waals surface area contributed by atoms with Gasteiger partial charge in [-0.2, -0.15) is 0 Å². The Hall–Kier alpha value is -2.65. The summed E-state index contributed by atoms with van der Waals surface area (Å²) in [5.74, 6) is 0.650. The maximum Gasteiger partial charge on any atom is 0.123 e. The monoisotopic (exact) mass is 335 g/mol. The van der Waals surface area contributed by atoms with Crippen LogP contribution in [0, 0.1) is 5.82 Å². The van der Waals surface area contributed by atoms with Crippen LogP contribution in [0.1, 0.15) is 29.7 Å². The Bertz CT molecular complexity index is 787. The molecule has 25 heavy (non-hydrogen) atoms. The number of ether oxygens (including phenoxy) is 1. The Morgan fingerprint density at radius 1 is 0.880 bits per heavy atom. The van der Waals surface area contributed by atoms with Crippen molar-refractivity contribution < 1.29 is 9.13 Å². The highest BCUT2D eigenvalue weighted by molar-refractivity contribution is 5.28. The van der Waals surface area contributed by atoms with Gasteiger partial charge in [0.15, 0.2) is 0 Å². The molecule has 1 atom stereocenters. The highest BCUT2D eigenvalue weighted by Crippen LogP contribution is 2.17. The van der Waals surface area contributed by atoms with E-state index in [1.165, 1.54) is 6.07 Å². The van der Waals surface area contributed by atoms with Crippen molar-refractivity contribution in [2.75, 3.05) is 0 Å². The first-order chi connectivity index (χ1) is 12.2. The van der Waals surface area contributed by atoms with Crippen LogP contribution < -0.4 is 10.1 Å². The number of nitrogens with one attached hydrogen (secondary N) is 1. The highest BCUT2D eigenvalue weighted by Gasteiger charge is 2.06. The standard InChI is InChI=1S/C22H22FNO/c1-17(20-8-5-9-21(23)14-20)24-15-18-10-12-22(13-11-18)25-16-19-6-3-2-4-7-19/h2-14,17,24H,15-16H2,1H3. The lowest BCUT2D eigenvalue weighted by molar-refractivity contribution is 0.306. The minimum Gasteiger partial charge on any atom is -0.489 e. The van der Waals surface area contributed by atoms with Crippen LogP contribution in [0.4, 0.5) is 4.39 Å². The Kier molecular flexibility index (Phi) is 5.81. The molecule has 0 aliphatic heterocycles. The van der Waals surface area contributed by atoms with Crippen LogP contribution >= 0.6 is 0 Å². The van der Waals surface area contributed by atoms with Crippen LogP contribution in [-0.4, -0.2) is 0 Å². The van der Waals surface area contributed by atoms with Gasteiger partial charge in [0, 0.05) is 12.6 Å². The predicted molar refractivity (Wildman–Crippen MR) is 98.9 cm³/mol. The van der Waals surface area contributed by atoms with Crippen LogP contribution in [0.2, 0.25) is 0 Å². The third-order valence-electron chi connectivity index (χ3n) is 4.13. The van der Waals surface area contributed by atoms with E-state index in [2.05, 4.69) is 5.32 Å². The molecule has 3 aromatic carbocycles. The van der Waals surface area contributed by atoms with Gasteiger partial charge in [0.25, 0.3) is 0 Å². The molecular formula is C22H22FNO. The van der Waals surface area contributed by atoms with E-state index in [1.54, 1.807) is 12.1 Å². The maximum atomic E-state index is 13.3. The van der Waals surface area contributed by atoms with Crippen molar-refractivity contribution in [3.63, 3.8) is 0 Å². The van der Waals surface area contributed by atoms with Gasteiger partial charge in [-0.15, -0.1) is 0 Å². The zero-order valence-electron chi connectivity index (χ0n) is 14.3. The van der Waals surface area contributed by atoms with E-state index in [9.17, 15) is 4.39 Å². The summed E-state index contributed by atoms with van der Waals surface area (Å²) in [6.45, 7) is 3.32. The average molecular weight is 335 g/mol. The van der Waals surface area contributed by atoms with E-state index < -0.39 is 0 Å². The first-order valence-corrected chi connectivity index (χ1v) is 8.45. The number of hydrogen-bond donors (Lipinski definition) is 1. The van der Waals surface area contributed by atoms with Crippen LogP contribution in [-0.2, 0) is 13.2 Å². The van der Waals surface area contributed by atoms with Crippen molar-refractivity contribution in [1.82, 2.24) is 5.32 Å². The second-order valence-corrected chi connectivity index (χ2v) is 6.08. The first-order valence-electron chi connectivity index (χ1n) is 8.45. The van der Waals surface area contributed by atoms with Gasteiger partial charge in [0.1, 0.15) is 18.2 Å². The van der Waals surface area contributed by atoms with Gasteiger partial charge in [0.2, 0.25) is 0 Å². The fourth-order valence-corrected chi connectivity index (χ4v) is 2.61. The molecule has 0 aliphatic rings. The summed E-state index contributed by atoms with van der Waals surface area (Å²) < 4.78 is 19.1. The van der Waals surface area contributed by atoms with Crippen molar-refractivity contribution in [3.8, 4) is 5.75 Å². The number of halogens is 1. The van der Waals surface area contributed by atoms with E-state index in [4.69, 9.17) is 4.74 Å². The van der Waals surface area contributed by atoms with E-state index in [0.717, 1.165) is 29.0 Å². The van der Waals surface area contributed by atoms with Crippen molar-refractivity contribution in [2.45, 2.75) is 26.1 Å². The Morgan fingerprint density at radius 2 is 1.64 bits per heavy atom. The molecule has 2 nitrogen and oxygen atoms in total. The summed E-state index contributed by atoms with van der Waals surface area (Å²) in [4.78, 5) is 0. The topological polar surface area (TPSA) is 21.3 Å². The number of rotatable bonds is 7. The van der Waals surface area contributed by atoms with E-state index in [0.29, 0.717) is 6.61 Å². The molecule has 0 saturated heterocycles. The predicted octanol–water partition coefficient (Wildman–Crippen LogP) is 5.26. The van der Waals surface area contributed by atoms with Crippen molar-refractivity contribution in [1.29, 1.82) is 0 Å². The molecule has 0 aliphatic carbocycles. The largest absolute Gasteiger partial charge is 0.489 e. The second-order valence-electron chi connectivity index (χ2n) is 6.08. The first kappa shape index (κ1) is 17.2. The summed E-state index contributed by atoms with van der Waals surface area (Å²) in [6.07, 6.45) is 0. The fourth-order valence-electron chi connectivity index (χ4n) is 2.61. The number of hydrogen-bond acceptors (Lipinski definition) is 2. The zero-order chi connectivity index (χ0) is 17.5. The minimum absolute atomic E-state index is 0.0877. The molecule has 0 amide bonds. The molecule has 1 unspecified atom stereocenters. The van der Waals surface area contributed by atoms with Gasteiger partial charge in [0.05, 0.1) is 0 Å². The summed E-state index contributed by atoms with van der Waals surface area (Å²) in [6, 6.07) is 24.9. The summed E-state index contributed by atoms with van der Waals surface area (Å²) >= 11 is 0. The van der Waals surface area contributed by atoms with Gasteiger partial charge in [-0.25, -0.2) is 4.39 Å².